The average molecular weight is 530 g/mol. The number of pyridine rings is 1. The Hall–Kier alpha value is -3.80. The second-order valence-corrected chi connectivity index (χ2v) is 10.4. The number of anilines is 2. The molecule has 0 radical (unpaired) electrons. The molecular formula is C26H27F4N7O. The van der Waals surface area contributed by atoms with Gasteiger partial charge in [-0.25, -0.2) is 23.7 Å². The molecule has 0 saturated carbocycles. The van der Waals surface area contributed by atoms with Crippen molar-refractivity contribution in [3.63, 3.8) is 0 Å². The van der Waals surface area contributed by atoms with Crippen molar-refractivity contribution >= 4 is 22.7 Å². The molecule has 1 aromatic carbocycles. The molecule has 1 aliphatic rings. The SMILES string of the molecule is CC(C)(F)c1cccc(-n2c3nc(Nc4ccc5c(c4)CCNC5(C)C)ncc3c(=O)n2CC(F)(F)F)n1. The third-order valence-electron chi connectivity index (χ3n) is 6.56. The molecule has 12 heteroatoms. The standard InChI is InChI=1S/C26H27F4N7O/c1-24(2,27)19-6-5-7-20(34-19)37-21-17(22(38)36(37)14-26(28,29)30)13-31-23(35-21)33-16-8-9-18-15(12-16)10-11-32-25(18,3)4/h5-9,12-13,32H,10-11,14H2,1-4H3,(H,31,33,35). The van der Waals surface area contributed by atoms with Crippen molar-refractivity contribution in [2.24, 2.45) is 0 Å². The van der Waals surface area contributed by atoms with E-state index in [0.29, 0.717) is 10.4 Å². The number of halogens is 4. The molecule has 0 atom stereocenters. The zero-order valence-corrected chi connectivity index (χ0v) is 21.3. The lowest BCUT2D eigenvalue weighted by Gasteiger charge is -2.34. The summed E-state index contributed by atoms with van der Waals surface area (Å²) >= 11 is 0. The molecule has 0 aliphatic carbocycles. The largest absolute Gasteiger partial charge is 0.408 e. The second-order valence-electron chi connectivity index (χ2n) is 10.4. The molecule has 38 heavy (non-hydrogen) atoms. The molecule has 4 heterocycles. The van der Waals surface area contributed by atoms with E-state index in [0.717, 1.165) is 23.2 Å². The van der Waals surface area contributed by atoms with Crippen molar-refractivity contribution in [3.05, 3.63) is 69.8 Å². The molecule has 4 aromatic rings. The molecule has 0 spiro atoms. The summed E-state index contributed by atoms with van der Waals surface area (Å²) in [5.41, 5.74) is -0.0135. The topological polar surface area (TPSA) is 89.7 Å². The van der Waals surface area contributed by atoms with Crippen LogP contribution in [0.4, 0.5) is 29.2 Å². The maximum absolute atomic E-state index is 14.6. The van der Waals surface area contributed by atoms with Crippen molar-refractivity contribution in [3.8, 4) is 5.82 Å². The third-order valence-corrected chi connectivity index (χ3v) is 6.56. The predicted molar refractivity (Wildman–Crippen MR) is 136 cm³/mol. The molecule has 2 N–H and O–H groups in total. The second kappa shape index (κ2) is 8.90. The maximum Gasteiger partial charge on any atom is 0.408 e. The van der Waals surface area contributed by atoms with Gasteiger partial charge in [0.05, 0.1) is 5.69 Å². The number of aromatic nitrogens is 5. The van der Waals surface area contributed by atoms with Gasteiger partial charge in [-0.2, -0.15) is 18.2 Å². The fourth-order valence-electron chi connectivity index (χ4n) is 4.73. The van der Waals surface area contributed by atoms with Crippen molar-refractivity contribution in [2.45, 2.75) is 58.0 Å². The number of hydrogen-bond donors (Lipinski definition) is 2. The van der Waals surface area contributed by atoms with Crippen molar-refractivity contribution in [2.75, 3.05) is 11.9 Å². The molecule has 5 rings (SSSR count). The van der Waals surface area contributed by atoms with Crippen molar-refractivity contribution in [1.29, 1.82) is 0 Å². The van der Waals surface area contributed by atoms with E-state index in [-0.39, 0.29) is 34.0 Å². The molecule has 1 aliphatic heterocycles. The zero-order chi connectivity index (χ0) is 27.5. The third kappa shape index (κ3) is 4.87. The van der Waals surface area contributed by atoms with Crippen LogP contribution in [0.15, 0.2) is 47.4 Å². The molecule has 0 unspecified atom stereocenters. The van der Waals surface area contributed by atoms with Gasteiger partial charge < -0.3 is 10.6 Å². The molecular weight excluding hydrogens is 502 g/mol. The first-order valence-electron chi connectivity index (χ1n) is 12.1. The Kier molecular flexibility index (Phi) is 6.05. The smallest absolute Gasteiger partial charge is 0.324 e. The van der Waals surface area contributed by atoms with Gasteiger partial charge in [0, 0.05) is 17.4 Å². The minimum atomic E-state index is -4.70. The van der Waals surface area contributed by atoms with Crippen LogP contribution < -0.4 is 16.2 Å². The Morgan fingerprint density at radius 3 is 2.58 bits per heavy atom. The highest BCUT2D eigenvalue weighted by Crippen LogP contribution is 2.31. The van der Waals surface area contributed by atoms with Crippen LogP contribution in [0.25, 0.3) is 16.9 Å². The summed E-state index contributed by atoms with van der Waals surface area (Å²) in [5.74, 6) is 0.0169. The molecule has 0 amide bonds. The number of benzene rings is 1. The monoisotopic (exact) mass is 529 g/mol. The number of alkyl halides is 4. The number of fused-ring (bicyclic) bond motifs is 2. The van der Waals surface area contributed by atoms with E-state index in [4.69, 9.17) is 0 Å². The highest BCUT2D eigenvalue weighted by molar-refractivity contribution is 5.77. The summed E-state index contributed by atoms with van der Waals surface area (Å²) in [6, 6.07) is 10.2. The molecule has 0 saturated heterocycles. The molecule has 200 valence electrons. The van der Waals surface area contributed by atoms with Gasteiger partial charge in [-0.3, -0.25) is 4.79 Å². The van der Waals surface area contributed by atoms with Gasteiger partial charge >= 0.3 is 6.18 Å². The van der Waals surface area contributed by atoms with E-state index in [1.54, 1.807) is 0 Å². The Balaban J connectivity index is 1.63. The lowest BCUT2D eigenvalue weighted by molar-refractivity contribution is -0.144. The van der Waals surface area contributed by atoms with Crippen molar-refractivity contribution < 1.29 is 17.6 Å². The summed E-state index contributed by atoms with van der Waals surface area (Å²) in [6.45, 7) is 6.03. The minimum absolute atomic E-state index is 0.00161. The summed E-state index contributed by atoms with van der Waals surface area (Å²) in [5, 5.41) is 6.45. The maximum atomic E-state index is 14.6. The van der Waals surface area contributed by atoms with E-state index in [2.05, 4.69) is 39.4 Å². The zero-order valence-electron chi connectivity index (χ0n) is 21.3. The highest BCUT2D eigenvalue weighted by Gasteiger charge is 2.33. The Labute approximate surface area is 215 Å². The quantitative estimate of drug-likeness (QED) is 0.359. The van der Waals surface area contributed by atoms with Gasteiger partial charge in [-0.05, 0) is 76.1 Å². The normalized spacial score (nSPS) is 15.5. The van der Waals surface area contributed by atoms with Crippen LogP contribution in [0.5, 0.6) is 0 Å². The van der Waals surface area contributed by atoms with Gasteiger partial charge in [0.2, 0.25) is 5.95 Å². The minimum Gasteiger partial charge on any atom is -0.324 e. The summed E-state index contributed by atoms with van der Waals surface area (Å²) in [6.07, 6.45) is -2.68. The fraction of sp³-hybridized carbons (Fsp3) is 0.385. The van der Waals surface area contributed by atoms with Crippen LogP contribution in [-0.4, -0.2) is 37.0 Å². The van der Waals surface area contributed by atoms with Gasteiger partial charge in [-0.1, -0.05) is 12.1 Å². The van der Waals surface area contributed by atoms with E-state index >= 15 is 0 Å². The Bertz CT molecular complexity index is 1580. The highest BCUT2D eigenvalue weighted by atomic mass is 19.4. The number of rotatable bonds is 5. The fourth-order valence-corrected chi connectivity index (χ4v) is 4.73. The lowest BCUT2D eigenvalue weighted by atomic mass is 9.85. The Morgan fingerprint density at radius 2 is 1.87 bits per heavy atom. The van der Waals surface area contributed by atoms with Gasteiger partial charge in [0.15, 0.2) is 11.5 Å². The number of hydrogen-bond acceptors (Lipinski definition) is 6. The van der Waals surface area contributed by atoms with Gasteiger partial charge in [-0.15, -0.1) is 0 Å². The first-order valence-corrected chi connectivity index (χ1v) is 12.1. The summed E-state index contributed by atoms with van der Waals surface area (Å²) < 4.78 is 56.5. The summed E-state index contributed by atoms with van der Waals surface area (Å²) in [7, 11) is 0. The Morgan fingerprint density at radius 1 is 1.11 bits per heavy atom. The van der Waals surface area contributed by atoms with Crippen molar-refractivity contribution in [1.82, 2.24) is 29.6 Å². The first kappa shape index (κ1) is 25.8. The van der Waals surface area contributed by atoms with E-state index in [1.807, 2.05) is 18.2 Å². The molecule has 0 bridgehead atoms. The van der Waals surface area contributed by atoms with Crippen LogP contribution in [0.3, 0.4) is 0 Å². The van der Waals surface area contributed by atoms with Crippen LogP contribution >= 0.6 is 0 Å². The van der Waals surface area contributed by atoms with Crippen LogP contribution in [0, 0.1) is 0 Å². The van der Waals surface area contributed by atoms with E-state index in [9.17, 15) is 22.4 Å². The van der Waals surface area contributed by atoms with E-state index < -0.39 is 23.9 Å². The van der Waals surface area contributed by atoms with Gasteiger partial charge in [0.25, 0.3) is 5.56 Å². The summed E-state index contributed by atoms with van der Waals surface area (Å²) in [4.78, 5) is 25.8. The molecule has 8 nitrogen and oxygen atoms in total. The lowest BCUT2D eigenvalue weighted by Crippen LogP contribution is -2.42. The van der Waals surface area contributed by atoms with Crippen LogP contribution in [0.1, 0.15) is 44.5 Å². The predicted octanol–water partition coefficient (Wildman–Crippen LogP) is 4.87. The van der Waals surface area contributed by atoms with Crippen LogP contribution in [0.2, 0.25) is 0 Å². The molecule has 0 fully saturated rings. The number of nitrogens with one attached hydrogen (secondary N) is 2. The van der Waals surface area contributed by atoms with E-state index in [1.165, 1.54) is 43.8 Å². The van der Waals surface area contributed by atoms with Gasteiger partial charge in [0.1, 0.15) is 17.6 Å². The number of nitrogens with zero attached hydrogens (tertiary/aromatic N) is 5. The first-order chi connectivity index (χ1) is 17.7. The average Bonchev–Trinajstić information content (AvgIpc) is 3.07. The molecule has 3 aromatic heterocycles. The van der Waals surface area contributed by atoms with Crippen LogP contribution in [-0.2, 0) is 24.2 Å².